The molecule has 0 aliphatic carbocycles. The van der Waals surface area contributed by atoms with Crippen LogP contribution >= 0.6 is 11.6 Å². The van der Waals surface area contributed by atoms with Crippen molar-refractivity contribution in [2.45, 2.75) is 6.10 Å². The first-order chi connectivity index (χ1) is 7.09. The molecule has 0 unspecified atom stereocenters. The summed E-state index contributed by atoms with van der Waals surface area (Å²) in [6.07, 6.45) is -0.859. The first-order valence-electron chi connectivity index (χ1n) is 4.24. The number of hydrogen-bond acceptors (Lipinski definition) is 4. The van der Waals surface area contributed by atoms with Crippen LogP contribution in [0.25, 0.3) is 0 Å². The van der Waals surface area contributed by atoms with E-state index in [4.69, 9.17) is 22.1 Å². The molecule has 5 heteroatoms. The van der Waals surface area contributed by atoms with Crippen molar-refractivity contribution in [2.75, 3.05) is 0 Å². The van der Waals surface area contributed by atoms with Gasteiger partial charge < -0.3 is 15.6 Å². The Balaban J connectivity index is 2.29. The number of carbonyl (C=O) groups excluding carboxylic acids is 1. The van der Waals surface area contributed by atoms with Crippen molar-refractivity contribution in [3.8, 4) is 0 Å². The Labute approximate surface area is 90.9 Å². The van der Waals surface area contributed by atoms with Crippen molar-refractivity contribution < 1.29 is 14.6 Å². The summed E-state index contributed by atoms with van der Waals surface area (Å²) in [4.78, 5) is 11.5. The highest BCUT2D eigenvalue weighted by Gasteiger charge is 2.35. The van der Waals surface area contributed by atoms with Crippen LogP contribution in [0.5, 0.6) is 0 Å². The molecule has 0 bridgehead atoms. The number of carbonyl (C=O) groups is 1. The summed E-state index contributed by atoms with van der Waals surface area (Å²) < 4.78 is 5.03. The number of aliphatic hydroxyl groups is 1. The summed E-state index contributed by atoms with van der Waals surface area (Å²) in [5.41, 5.74) is 5.89. The molecule has 1 aromatic carbocycles. The normalized spacial score (nSPS) is 20.6. The molecule has 0 saturated heterocycles. The maximum Gasteiger partial charge on any atom is 0.247 e. The molecule has 0 radical (unpaired) electrons. The molecule has 3 N–H and O–H groups in total. The molecule has 1 atom stereocenters. The molecule has 0 spiro atoms. The lowest BCUT2D eigenvalue weighted by Crippen LogP contribution is -2.09. The molecular weight excluding hydrogens is 218 g/mol. The fourth-order valence-electron chi connectivity index (χ4n) is 1.34. The Hall–Kier alpha value is -1.68. The van der Waals surface area contributed by atoms with Gasteiger partial charge in [0.05, 0.1) is 0 Å². The Kier molecular flexibility index (Phi) is 2.28. The quantitative estimate of drug-likeness (QED) is 0.763. The van der Waals surface area contributed by atoms with Gasteiger partial charge >= 0.3 is 0 Å². The van der Waals surface area contributed by atoms with Gasteiger partial charge in [-0.2, -0.15) is 0 Å². The molecule has 4 nitrogen and oxygen atoms in total. The van der Waals surface area contributed by atoms with Crippen molar-refractivity contribution in [2.24, 2.45) is 5.73 Å². The highest BCUT2D eigenvalue weighted by Crippen LogP contribution is 2.30. The molecule has 0 saturated carbocycles. The zero-order valence-electron chi connectivity index (χ0n) is 7.61. The van der Waals surface area contributed by atoms with Gasteiger partial charge in [-0.15, -0.1) is 0 Å². The largest absolute Gasteiger partial charge is 0.501 e. The minimum Gasteiger partial charge on any atom is -0.501 e. The van der Waals surface area contributed by atoms with E-state index in [2.05, 4.69) is 0 Å². The average Bonchev–Trinajstić information content (AvgIpc) is 2.47. The van der Waals surface area contributed by atoms with Gasteiger partial charge in [0.15, 0.2) is 6.10 Å². The van der Waals surface area contributed by atoms with Gasteiger partial charge in [0.2, 0.25) is 17.4 Å². The van der Waals surface area contributed by atoms with Crippen LogP contribution in [0.3, 0.4) is 0 Å². The summed E-state index contributed by atoms with van der Waals surface area (Å²) in [7, 11) is 0. The third-order valence-electron chi connectivity index (χ3n) is 2.12. The highest BCUT2D eigenvalue weighted by atomic mass is 35.5. The third-order valence-corrected chi connectivity index (χ3v) is 2.37. The number of nitrogens with two attached hydrogens (primary N) is 1. The molecule has 1 heterocycles. The van der Waals surface area contributed by atoms with Crippen LogP contribution in [-0.2, 0) is 9.53 Å². The van der Waals surface area contributed by atoms with Crippen LogP contribution < -0.4 is 5.73 Å². The Morgan fingerprint density at radius 2 is 1.93 bits per heavy atom. The van der Waals surface area contributed by atoms with Crippen LogP contribution in [0.4, 0.5) is 0 Å². The van der Waals surface area contributed by atoms with Gasteiger partial charge in [0.25, 0.3) is 0 Å². The van der Waals surface area contributed by atoms with Crippen molar-refractivity contribution in [1.29, 1.82) is 0 Å². The molecule has 15 heavy (non-hydrogen) atoms. The van der Waals surface area contributed by atoms with Crippen LogP contribution in [0.15, 0.2) is 35.9 Å². The first kappa shape index (κ1) is 9.86. The topological polar surface area (TPSA) is 72.5 Å². The lowest BCUT2D eigenvalue weighted by Gasteiger charge is -2.09. The molecule has 1 aliphatic heterocycles. The number of ether oxygens (including phenoxy) is 1. The van der Waals surface area contributed by atoms with E-state index in [-0.39, 0.29) is 5.88 Å². The summed E-state index contributed by atoms with van der Waals surface area (Å²) in [5.74, 6) is -1.29. The lowest BCUT2D eigenvalue weighted by molar-refractivity contribution is -0.123. The number of rotatable bonds is 1. The predicted octanol–water partition coefficient (Wildman–Crippen LogP) is 1.67. The Bertz CT molecular complexity index is 438. The number of Topliss-reactive ketones (excluding diaryl/α,β-unsaturated/α-hetero) is 1. The van der Waals surface area contributed by atoms with E-state index in [0.717, 1.165) is 0 Å². The Morgan fingerprint density at radius 1 is 1.33 bits per heavy atom. The number of halogens is 1. The van der Waals surface area contributed by atoms with Gasteiger partial charge in [-0.25, -0.2) is 0 Å². The molecule has 1 aliphatic rings. The summed E-state index contributed by atoms with van der Waals surface area (Å²) in [6.45, 7) is 0. The zero-order chi connectivity index (χ0) is 11.0. The molecular formula is C10H8ClNO3. The van der Waals surface area contributed by atoms with E-state index in [1.54, 1.807) is 24.3 Å². The van der Waals surface area contributed by atoms with Gasteiger partial charge in [0, 0.05) is 10.6 Å². The van der Waals surface area contributed by atoms with Gasteiger partial charge in [-0.1, -0.05) is 23.7 Å². The third kappa shape index (κ3) is 1.64. The summed E-state index contributed by atoms with van der Waals surface area (Å²) >= 11 is 5.70. The molecule has 0 fully saturated rings. The van der Waals surface area contributed by atoms with E-state index in [1.165, 1.54) is 0 Å². The standard InChI is InChI=1S/C10H8ClNO3/c11-6-3-1-5(2-4-6)9-7(13)8(14)10(12)15-9/h1-4,9,14H,12H2/t9-/m0/s1. The molecule has 0 aromatic heterocycles. The number of aliphatic hydroxyl groups excluding tert-OH is 1. The molecule has 1 aromatic rings. The Morgan fingerprint density at radius 3 is 2.40 bits per heavy atom. The van der Waals surface area contributed by atoms with Crippen molar-refractivity contribution in [3.63, 3.8) is 0 Å². The van der Waals surface area contributed by atoms with Crippen LogP contribution in [-0.4, -0.2) is 10.9 Å². The fraction of sp³-hybridized carbons (Fsp3) is 0.100. The van der Waals surface area contributed by atoms with E-state index in [9.17, 15) is 9.90 Å². The molecule has 0 amide bonds. The van der Waals surface area contributed by atoms with E-state index in [0.29, 0.717) is 10.6 Å². The van der Waals surface area contributed by atoms with Crippen molar-refractivity contribution >= 4 is 17.4 Å². The second-order valence-corrected chi connectivity index (χ2v) is 3.56. The van der Waals surface area contributed by atoms with E-state index < -0.39 is 17.6 Å². The predicted molar refractivity (Wildman–Crippen MR) is 54.1 cm³/mol. The number of ketones is 1. The zero-order valence-corrected chi connectivity index (χ0v) is 8.36. The van der Waals surface area contributed by atoms with Crippen LogP contribution in [0.2, 0.25) is 5.02 Å². The van der Waals surface area contributed by atoms with Crippen LogP contribution in [0.1, 0.15) is 11.7 Å². The second-order valence-electron chi connectivity index (χ2n) is 3.13. The van der Waals surface area contributed by atoms with Crippen molar-refractivity contribution in [1.82, 2.24) is 0 Å². The van der Waals surface area contributed by atoms with Gasteiger partial charge in [0.1, 0.15) is 0 Å². The maximum absolute atomic E-state index is 11.5. The second kappa shape index (κ2) is 3.47. The van der Waals surface area contributed by atoms with E-state index in [1.807, 2.05) is 0 Å². The monoisotopic (exact) mass is 225 g/mol. The minimum atomic E-state index is -0.859. The average molecular weight is 226 g/mol. The van der Waals surface area contributed by atoms with Gasteiger partial charge in [-0.05, 0) is 12.1 Å². The first-order valence-corrected chi connectivity index (χ1v) is 4.62. The summed E-state index contributed by atoms with van der Waals surface area (Å²) in [6, 6.07) is 6.58. The van der Waals surface area contributed by atoms with Crippen molar-refractivity contribution in [3.05, 3.63) is 46.5 Å². The lowest BCUT2D eigenvalue weighted by atomic mass is 10.1. The summed E-state index contributed by atoms with van der Waals surface area (Å²) in [5, 5.41) is 9.77. The number of hydrogen-bond donors (Lipinski definition) is 2. The molecule has 78 valence electrons. The SMILES string of the molecule is NC1=C(O)C(=O)[C@H](c2ccc(Cl)cc2)O1. The van der Waals surface area contributed by atoms with Crippen LogP contribution in [0, 0.1) is 0 Å². The smallest absolute Gasteiger partial charge is 0.247 e. The fourth-order valence-corrected chi connectivity index (χ4v) is 1.46. The van der Waals surface area contributed by atoms with Gasteiger partial charge in [-0.3, -0.25) is 4.79 Å². The molecule has 2 rings (SSSR count). The van der Waals surface area contributed by atoms with E-state index >= 15 is 0 Å². The minimum absolute atomic E-state index is 0.236. The maximum atomic E-state index is 11.5. The number of benzene rings is 1. The highest BCUT2D eigenvalue weighted by molar-refractivity contribution is 6.30.